The van der Waals surface area contributed by atoms with Crippen molar-refractivity contribution in [2.75, 3.05) is 18.5 Å². The molecule has 0 fully saturated rings. The number of aromatic nitrogens is 4. The Labute approximate surface area is 176 Å². The topological polar surface area (TPSA) is 113 Å². The Balaban J connectivity index is 1.83. The summed E-state index contributed by atoms with van der Waals surface area (Å²) < 4.78 is 2.73. The number of nitrogens with zero attached hydrogens (tertiary/aromatic N) is 4. The molecule has 0 radical (unpaired) electrons. The number of fused-ring (bicyclic) bond motifs is 2. The standard InChI is InChI=1S/C20H22BrN5O3/c1-2-5-26-9-15-18(17-14-7-12(21)4-3-11(14)6-16(17)29)23-20(24-19(15)25-26)22-8-13(28)10-27/h3-4,7,9,13,17,27-28H,2,5-6,8,10H2,1H3,(H,22,24,25)/t13-,17?/m0/s1. The average Bonchev–Trinajstić information content (AvgIpc) is 3.25. The first-order valence-electron chi connectivity index (χ1n) is 9.59. The zero-order valence-corrected chi connectivity index (χ0v) is 17.6. The summed E-state index contributed by atoms with van der Waals surface area (Å²) >= 11 is 3.50. The van der Waals surface area contributed by atoms with Gasteiger partial charge in [0.2, 0.25) is 5.95 Å². The molecule has 1 aliphatic rings. The van der Waals surface area contributed by atoms with Crippen LogP contribution in [0.4, 0.5) is 5.95 Å². The van der Waals surface area contributed by atoms with E-state index in [4.69, 9.17) is 5.11 Å². The van der Waals surface area contributed by atoms with Gasteiger partial charge in [-0.25, -0.2) is 4.98 Å². The lowest BCUT2D eigenvalue weighted by Crippen LogP contribution is -2.24. The van der Waals surface area contributed by atoms with Crippen LogP contribution in [0.2, 0.25) is 0 Å². The number of aliphatic hydroxyl groups is 2. The van der Waals surface area contributed by atoms with E-state index in [-0.39, 0.29) is 24.9 Å². The van der Waals surface area contributed by atoms with E-state index >= 15 is 0 Å². The molecule has 4 rings (SSSR count). The highest BCUT2D eigenvalue weighted by Crippen LogP contribution is 2.39. The van der Waals surface area contributed by atoms with Gasteiger partial charge in [-0.15, -0.1) is 0 Å². The second kappa shape index (κ2) is 8.17. The van der Waals surface area contributed by atoms with E-state index in [2.05, 4.69) is 43.2 Å². The number of hydrogen-bond acceptors (Lipinski definition) is 7. The van der Waals surface area contributed by atoms with Crippen LogP contribution in [0, 0.1) is 0 Å². The number of halogens is 1. The number of benzene rings is 1. The first-order valence-corrected chi connectivity index (χ1v) is 10.4. The van der Waals surface area contributed by atoms with Crippen molar-refractivity contribution in [2.45, 2.75) is 38.3 Å². The van der Waals surface area contributed by atoms with Crippen LogP contribution in [0.15, 0.2) is 28.9 Å². The fourth-order valence-electron chi connectivity index (χ4n) is 3.65. The summed E-state index contributed by atoms with van der Waals surface area (Å²) in [5.74, 6) is -0.128. The molecule has 152 valence electrons. The molecule has 2 atom stereocenters. The largest absolute Gasteiger partial charge is 0.394 e. The minimum atomic E-state index is -0.930. The first kappa shape index (κ1) is 19.9. The molecular weight excluding hydrogens is 438 g/mol. The molecule has 2 heterocycles. The van der Waals surface area contributed by atoms with Gasteiger partial charge in [-0.1, -0.05) is 28.9 Å². The fourth-order valence-corrected chi connectivity index (χ4v) is 4.03. The molecule has 0 spiro atoms. The lowest BCUT2D eigenvalue weighted by molar-refractivity contribution is -0.118. The molecule has 2 aromatic heterocycles. The normalized spacial score (nSPS) is 17.0. The van der Waals surface area contributed by atoms with Gasteiger partial charge in [-0.2, -0.15) is 10.1 Å². The van der Waals surface area contributed by atoms with Crippen LogP contribution in [-0.4, -0.2) is 55.0 Å². The van der Waals surface area contributed by atoms with Crippen molar-refractivity contribution in [3.63, 3.8) is 0 Å². The van der Waals surface area contributed by atoms with Crippen LogP contribution >= 0.6 is 15.9 Å². The summed E-state index contributed by atoms with van der Waals surface area (Å²) in [6.45, 7) is 2.53. The van der Waals surface area contributed by atoms with Gasteiger partial charge in [0, 0.05) is 30.2 Å². The molecule has 0 saturated heterocycles. The van der Waals surface area contributed by atoms with Gasteiger partial charge in [0.05, 0.1) is 29.7 Å². The van der Waals surface area contributed by atoms with E-state index < -0.39 is 12.0 Å². The number of carbonyl (C=O) groups is 1. The molecule has 1 aromatic carbocycles. The van der Waals surface area contributed by atoms with Crippen molar-refractivity contribution in [1.29, 1.82) is 0 Å². The zero-order valence-electron chi connectivity index (χ0n) is 16.0. The van der Waals surface area contributed by atoms with E-state index in [0.717, 1.165) is 34.0 Å². The number of carbonyl (C=O) groups excluding carboxylic acids is 1. The van der Waals surface area contributed by atoms with E-state index in [1.54, 1.807) is 0 Å². The Bertz CT molecular complexity index is 1070. The average molecular weight is 460 g/mol. The number of anilines is 1. The maximum atomic E-state index is 12.9. The lowest BCUT2D eigenvalue weighted by atomic mass is 9.95. The molecule has 9 heteroatoms. The smallest absolute Gasteiger partial charge is 0.225 e. The van der Waals surface area contributed by atoms with E-state index in [1.807, 2.05) is 29.1 Å². The van der Waals surface area contributed by atoms with Gasteiger partial charge in [-0.05, 0) is 29.7 Å². The van der Waals surface area contributed by atoms with Gasteiger partial charge in [0.25, 0.3) is 0 Å². The Morgan fingerprint density at radius 1 is 1.38 bits per heavy atom. The van der Waals surface area contributed by atoms with Crippen LogP contribution < -0.4 is 5.32 Å². The summed E-state index contributed by atoms with van der Waals surface area (Å²) in [5, 5.41) is 26.9. The van der Waals surface area contributed by atoms with Gasteiger partial charge < -0.3 is 15.5 Å². The number of aliphatic hydroxyl groups excluding tert-OH is 2. The third-order valence-electron chi connectivity index (χ3n) is 4.99. The Kier molecular flexibility index (Phi) is 5.62. The number of nitrogens with one attached hydrogen (secondary N) is 1. The van der Waals surface area contributed by atoms with Crippen molar-refractivity contribution in [3.8, 4) is 0 Å². The Hall–Kier alpha value is -2.36. The minimum absolute atomic E-state index is 0.0858. The number of ketones is 1. The molecule has 1 aliphatic carbocycles. The highest BCUT2D eigenvalue weighted by molar-refractivity contribution is 9.10. The molecule has 0 aliphatic heterocycles. The van der Waals surface area contributed by atoms with Crippen LogP contribution in [0.25, 0.3) is 11.0 Å². The van der Waals surface area contributed by atoms with Crippen LogP contribution in [0.1, 0.15) is 36.1 Å². The highest BCUT2D eigenvalue weighted by atomic mass is 79.9. The van der Waals surface area contributed by atoms with E-state index in [1.165, 1.54) is 0 Å². The van der Waals surface area contributed by atoms with E-state index in [9.17, 15) is 9.90 Å². The predicted octanol–water partition coefficient (Wildman–Crippen LogP) is 2.02. The monoisotopic (exact) mass is 459 g/mol. The molecule has 0 bridgehead atoms. The summed E-state index contributed by atoms with van der Waals surface area (Å²) in [6.07, 6.45) is 2.25. The Morgan fingerprint density at radius 3 is 2.97 bits per heavy atom. The quantitative estimate of drug-likeness (QED) is 0.495. The van der Waals surface area contributed by atoms with Crippen LogP contribution in [0.3, 0.4) is 0 Å². The molecule has 1 unspecified atom stereocenters. The summed E-state index contributed by atoms with van der Waals surface area (Å²) in [4.78, 5) is 22.0. The fraction of sp³-hybridized carbons (Fsp3) is 0.400. The summed E-state index contributed by atoms with van der Waals surface area (Å²) in [5.41, 5.74) is 3.05. The SMILES string of the molecule is CCCn1cc2c(C3C(=O)Cc4ccc(Br)cc43)nc(NC[C@H](O)CO)nc2n1. The van der Waals surface area contributed by atoms with Crippen molar-refractivity contribution in [3.05, 3.63) is 45.7 Å². The van der Waals surface area contributed by atoms with Gasteiger partial charge in [0.1, 0.15) is 0 Å². The summed E-state index contributed by atoms with van der Waals surface area (Å²) in [6, 6.07) is 5.87. The van der Waals surface area contributed by atoms with Crippen LogP contribution in [0.5, 0.6) is 0 Å². The van der Waals surface area contributed by atoms with Gasteiger partial charge >= 0.3 is 0 Å². The lowest BCUT2D eigenvalue weighted by Gasteiger charge is -2.14. The second-order valence-corrected chi connectivity index (χ2v) is 8.11. The zero-order chi connectivity index (χ0) is 20.5. The van der Waals surface area contributed by atoms with Gasteiger partial charge in [0.15, 0.2) is 11.4 Å². The summed E-state index contributed by atoms with van der Waals surface area (Å²) in [7, 11) is 0. The van der Waals surface area contributed by atoms with Crippen molar-refractivity contribution in [2.24, 2.45) is 0 Å². The first-order chi connectivity index (χ1) is 14.0. The minimum Gasteiger partial charge on any atom is -0.394 e. The third kappa shape index (κ3) is 3.90. The molecular formula is C20H22BrN5O3. The Morgan fingerprint density at radius 2 is 2.21 bits per heavy atom. The predicted molar refractivity (Wildman–Crippen MR) is 112 cm³/mol. The molecule has 29 heavy (non-hydrogen) atoms. The second-order valence-electron chi connectivity index (χ2n) is 7.20. The number of hydrogen-bond donors (Lipinski definition) is 3. The van der Waals surface area contributed by atoms with Gasteiger partial charge in [-0.3, -0.25) is 9.48 Å². The van der Waals surface area contributed by atoms with Crippen molar-refractivity contribution < 1.29 is 15.0 Å². The number of Topliss-reactive ketones (excluding diaryl/α,β-unsaturated/α-hetero) is 1. The molecule has 0 amide bonds. The molecule has 3 N–H and O–H groups in total. The molecule has 8 nitrogen and oxygen atoms in total. The van der Waals surface area contributed by atoms with Crippen molar-refractivity contribution >= 4 is 38.7 Å². The third-order valence-corrected chi connectivity index (χ3v) is 5.49. The molecule has 3 aromatic rings. The van der Waals surface area contributed by atoms with Crippen LogP contribution in [-0.2, 0) is 17.8 Å². The highest BCUT2D eigenvalue weighted by Gasteiger charge is 2.35. The maximum Gasteiger partial charge on any atom is 0.225 e. The maximum absolute atomic E-state index is 12.9. The van der Waals surface area contributed by atoms with E-state index in [0.29, 0.717) is 17.8 Å². The van der Waals surface area contributed by atoms with Crippen molar-refractivity contribution in [1.82, 2.24) is 19.7 Å². The number of aryl methyl sites for hydroxylation is 1. The number of rotatable bonds is 7. The molecule has 0 saturated carbocycles.